The van der Waals surface area contributed by atoms with Gasteiger partial charge in [-0.05, 0) is 44.4 Å². The van der Waals surface area contributed by atoms with Crippen LogP contribution in [0.4, 0.5) is 4.79 Å². The third kappa shape index (κ3) is 3.62. The lowest BCUT2D eigenvalue weighted by atomic mass is 10.1. The van der Waals surface area contributed by atoms with E-state index in [2.05, 4.69) is 22.5 Å². The fraction of sp³-hybridized carbons (Fsp3) is 0.933. The van der Waals surface area contributed by atoms with E-state index in [0.717, 1.165) is 37.9 Å². The standard InChI is InChI=1S/C15H27N3O/c1-2-3-11-10-14(11)17-15(19)16-12-6-8-18(9-7-12)13-4-5-13/h11-14H,2-10H2,1H3,(H2,16,17,19). The highest BCUT2D eigenvalue weighted by Crippen LogP contribution is 2.34. The van der Waals surface area contributed by atoms with Gasteiger partial charge in [0.1, 0.15) is 0 Å². The smallest absolute Gasteiger partial charge is 0.315 e. The molecule has 1 heterocycles. The molecular weight excluding hydrogens is 238 g/mol. The van der Waals surface area contributed by atoms with Gasteiger partial charge in [0.2, 0.25) is 0 Å². The monoisotopic (exact) mass is 265 g/mol. The predicted octanol–water partition coefficient (Wildman–Crippen LogP) is 2.10. The van der Waals surface area contributed by atoms with Gasteiger partial charge in [-0.2, -0.15) is 0 Å². The number of urea groups is 1. The van der Waals surface area contributed by atoms with E-state index in [0.29, 0.717) is 12.1 Å². The first-order chi connectivity index (χ1) is 9.26. The Hall–Kier alpha value is -0.770. The number of carbonyl (C=O) groups excluding carboxylic acids is 1. The molecule has 0 aromatic rings. The van der Waals surface area contributed by atoms with Crippen molar-refractivity contribution in [3.8, 4) is 0 Å². The molecule has 2 saturated carbocycles. The van der Waals surface area contributed by atoms with Gasteiger partial charge >= 0.3 is 6.03 Å². The second kappa shape index (κ2) is 5.70. The lowest BCUT2D eigenvalue weighted by Gasteiger charge is -2.32. The van der Waals surface area contributed by atoms with Crippen molar-refractivity contribution in [1.29, 1.82) is 0 Å². The first-order valence-corrected chi connectivity index (χ1v) is 8.07. The molecule has 3 fully saturated rings. The van der Waals surface area contributed by atoms with Crippen molar-refractivity contribution in [2.24, 2.45) is 5.92 Å². The molecule has 0 bridgehead atoms. The van der Waals surface area contributed by atoms with E-state index < -0.39 is 0 Å². The summed E-state index contributed by atoms with van der Waals surface area (Å²) >= 11 is 0. The van der Waals surface area contributed by atoms with Crippen molar-refractivity contribution in [3.05, 3.63) is 0 Å². The Balaban J connectivity index is 1.32. The Bertz CT molecular complexity index is 321. The Kier molecular flexibility index (Phi) is 3.96. The van der Waals surface area contributed by atoms with Crippen LogP contribution in [0.5, 0.6) is 0 Å². The first-order valence-electron chi connectivity index (χ1n) is 8.07. The van der Waals surface area contributed by atoms with Crippen molar-refractivity contribution < 1.29 is 4.79 Å². The number of amides is 2. The minimum absolute atomic E-state index is 0.0634. The quantitative estimate of drug-likeness (QED) is 0.799. The number of hydrogen-bond acceptors (Lipinski definition) is 2. The number of piperidine rings is 1. The summed E-state index contributed by atoms with van der Waals surface area (Å²) in [6, 6.07) is 1.77. The highest BCUT2D eigenvalue weighted by Gasteiger charge is 2.37. The summed E-state index contributed by atoms with van der Waals surface area (Å²) in [5.41, 5.74) is 0. The van der Waals surface area contributed by atoms with Crippen molar-refractivity contribution in [2.45, 2.75) is 70.0 Å². The van der Waals surface area contributed by atoms with E-state index in [-0.39, 0.29) is 6.03 Å². The Morgan fingerprint density at radius 2 is 1.89 bits per heavy atom. The van der Waals surface area contributed by atoms with Crippen molar-refractivity contribution >= 4 is 6.03 Å². The van der Waals surface area contributed by atoms with Crippen molar-refractivity contribution in [3.63, 3.8) is 0 Å². The highest BCUT2D eigenvalue weighted by atomic mass is 16.2. The van der Waals surface area contributed by atoms with Crippen molar-refractivity contribution in [1.82, 2.24) is 15.5 Å². The molecule has 4 heteroatoms. The highest BCUT2D eigenvalue weighted by molar-refractivity contribution is 5.75. The van der Waals surface area contributed by atoms with E-state index in [1.54, 1.807) is 0 Å². The van der Waals surface area contributed by atoms with Crippen LogP contribution >= 0.6 is 0 Å². The summed E-state index contributed by atoms with van der Waals surface area (Å²) in [4.78, 5) is 14.5. The van der Waals surface area contributed by atoms with Crippen LogP contribution in [0.25, 0.3) is 0 Å². The molecule has 0 radical (unpaired) electrons. The molecule has 0 aromatic carbocycles. The SMILES string of the molecule is CCCC1CC1NC(=O)NC1CCN(C2CC2)CC1. The zero-order chi connectivity index (χ0) is 13.2. The molecule has 2 unspecified atom stereocenters. The largest absolute Gasteiger partial charge is 0.335 e. The van der Waals surface area contributed by atoms with Crippen LogP contribution in [0.1, 0.15) is 51.9 Å². The van der Waals surface area contributed by atoms with Crippen LogP contribution in [0.3, 0.4) is 0 Å². The number of nitrogens with zero attached hydrogens (tertiary/aromatic N) is 1. The molecule has 0 spiro atoms. The van der Waals surface area contributed by atoms with Crippen LogP contribution in [-0.4, -0.2) is 42.1 Å². The molecule has 2 N–H and O–H groups in total. The number of hydrogen-bond donors (Lipinski definition) is 2. The molecule has 2 aliphatic carbocycles. The number of nitrogens with one attached hydrogen (secondary N) is 2. The first kappa shape index (κ1) is 13.2. The number of rotatable bonds is 5. The molecule has 1 saturated heterocycles. The Labute approximate surface area is 116 Å². The van der Waals surface area contributed by atoms with Crippen LogP contribution in [0.2, 0.25) is 0 Å². The van der Waals surface area contributed by atoms with Gasteiger partial charge in [0.05, 0.1) is 0 Å². The van der Waals surface area contributed by atoms with E-state index >= 15 is 0 Å². The fourth-order valence-electron chi connectivity index (χ4n) is 3.36. The maximum absolute atomic E-state index is 11.9. The topological polar surface area (TPSA) is 44.4 Å². The number of likely N-dealkylation sites (tertiary alicyclic amines) is 1. The Morgan fingerprint density at radius 1 is 1.16 bits per heavy atom. The summed E-state index contributed by atoms with van der Waals surface area (Å²) in [6.07, 6.45) is 8.67. The van der Waals surface area contributed by atoms with Gasteiger partial charge in [-0.1, -0.05) is 13.3 Å². The lowest BCUT2D eigenvalue weighted by Crippen LogP contribution is -2.48. The lowest BCUT2D eigenvalue weighted by molar-refractivity contribution is 0.185. The molecule has 2 atom stereocenters. The molecule has 4 nitrogen and oxygen atoms in total. The minimum Gasteiger partial charge on any atom is -0.335 e. The number of carbonyl (C=O) groups is 1. The van der Waals surface area contributed by atoms with Crippen LogP contribution in [0, 0.1) is 5.92 Å². The maximum atomic E-state index is 11.9. The van der Waals surface area contributed by atoms with Crippen molar-refractivity contribution in [2.75, 3.05) is 13.1 Å². The van der Waals surface area contributed by atoms with E-state index in [1.807, 2.05) is 0 Å². The Morgan fingerprint density at radius 3 is 2.53 bits per heavy atom. The molecule has 3 aliphatic rings. The fourth-order valence-corrected chi connectivity index (χ4v) is 3.36. The van der Waals surface area contributed by atoms with E-state index in [4.69, 9.17) is 0 Å². The van der Waals surface area contributed by atoms with E-state index in [1.165, 1.54) is 32.1 Å². The van der Waals surface area contributed by atoms with Gasteiger partial charge < -0.3 is 15.5 Å². The molecular formula is C15H27N3O. The second-order valence-corrected chi connectivity index (χ2v) is 6.55. The minimum atomic E-state index is 0.0634. The third-order valence-electron chi connectivity index (χ3n) is 4.83. The summed E-state index contributed by atoms with van der Waals surface area (Å²) in [6.45, 7) is 4.54. The van der Waals surface area contributed by atoms with Gasteiger partial charge in [0, 0.05) is 31.2 Å². The normalized spacial score (nSPS) is 32.1. The van der Waals surface area contributed by atoms with Gasteiger partial charge in [-0.3, -0.25) is 0 Å². The zero-order valence-electron chi connectivity index (χ0n) is 12.0. The average Bonchev–Trinajstić information content (AvgIpc) is 3.27. The van der Waals surface area contributed by atoms with Crippen LogP contribution in [0.15, 0.2) is 0 Å². The zero-order valence-corrected chi connectivity index (χ0v) is 12.0. The summed E-state index contributed by atoms with van der Waals surface area (Å²) in [7, 11) is 0. The molecule has 1 aliphatic heterocycles. The summed E-state index contributed by atoms with van der Waals surface area (Å²) in [5, 5.41) is 6.27. The molecule has 2 amide bonds. The summed E-state index contributed by atoms with van der Waals surface area (Å²) in [5.74, 6) is 0.743. The average molecular weight is 265 g/mol. The molecule has 19 heavy (non-hydrogen) atoms. The summed E-state index contributed by atoms with van der Waals surface area (Å²) < 4.78 is 0. The van der Waals surface area contributed by atoms with Gasteiger partial charge in [-0.15, -0.1) is 0 Å². The van der Waals surface area contributed by atoms with E-state index in [9.17, 15) is 4.79 Å². The molecule has 0 aromatic heterocycles. The molecule has 3 rings (SSSR count). The van der Waals surface area contributed by atoms with Gasteiger partial charge in [-0.25, -0.2) is 4.79 Å². The molecule has 108 valence electrons. The maximum Gasteiger partial charge on any atom is 0.315 e. The van der Waals surface area contributed by atoms with Gasteiger partial charge in [0.15, 0.2) is 0 Å². The van der Waals surface area contributed by atoms with Crippen LogP contribution < -0.4 is 10.6 Å². The van der Waals surface area contributed by atoms with Crippen LogP contribution in [-0.2, 0) is 0 Å². The second-order valence-electron chi connectivity index (χ2n) is 6.55. The predicted molar refractivity (Wildman–Crippen MR) is 76.1 cm³/mol. The van der Waals surface area contributed by atoms with Gasteiger partial charge in [0.25, 0.3) is 0 Å². The third-order valence-corrected chi connectivity index (χ3v) is 4.83.